The maximum Gasteiger partial charge on any atom is 0.326 e. The van der Waals surface area contributed by atoms with Gasteiger partial charge in [-0.05, 0) is 65.1 Å². The van der Waals surface area contributed by atoms with Crippen molar-refractivity contribution in [2.45, 2.75) is 26.4 Å². The predicted octanol–water partition coefficient (Wildman–Crippen LogP) is 6.46. The van der Waals surface area contributed by atoms with Crippen LogP contribution in [0.5, 0.6) is 11.5 Å². The van der Waals surface area contributed by atoms with Gasteiger partial charge in [0.2, 0.25) is 0 Å². The molecular formula is C32H28N2O5. The van der Waals surface area contributed by atoms with E-state index in [1.807, 2.05) is 66.7 Å². The van der Waals surface area contributed by atoms with Gasteiger partial charge >= 0.3 is 5.97 Å². The highest BCUT2D eigenvalue weighted by atomic mass is 16.5. The van der Waals surface area contributed by atoms with E-state index in [4.69, 9.17) is 4.74 Å². The van der Waals surface area contributed by atoms with Gasteiger partial charge in [-0.25, -0.2) is 4.79 Å². The lowest BCUT2D eigenvalue weighted by Gasteiger charge is -2.27. The van der Waals surface area contributed by atoms with E-state index in [9.17, 15) is 19.5 Å². The smallest absolute Gasteiger partial charge is 0.326 e. The molecule has 5 rings (SSSR count). The third kappa shape index (κ3) is 5.38. The number of hydrogen-bond acceptors (Lipinski definition) is 4. The van der Waals surface area contributed by atoms with Crippen LogP contribution in [0, 0.1) is 5.92 Å². The summed E-state index contributed by atoms with van der Waals surface area (Å²) in [6.45, 7) is 3.88. The molecule has 0 aliphatic carbocycles. The van der Waals surface area contributed by atoms with Gasteiger partial charge in [-0.1, -0.05) is 68.4 Å². The molecule has 7 nitrogen and oxygen atoms in total. The quantitative estimate of drug-likeness (QED) is 0.278. The summed E-state index contributed by atoms with van der Waals surface area (Å²) in [6, 6.07) is 28.4. The molecule has 0 bridgehead atoms. The minimum Gasteiger partial charge on any atom is -0.480 e. The van der Waals surface area contributed by atoms with Crippen LogP contribution in [0.4, 0.5) is 5.69 Å². The fraction of sp³-hybridized carbons (Fsp3) is 0.156. The molecule has 2 amide bonds. The number of benzene rings is 4. The van der Waals surface area contributed by atoms with Gasteiger partial charge in [-0.2, -0.15) is 0 Å². The first-order valence-corrected chi connectivity index (χ1v) is 12.7. The average molecular weight is 521 g/mol. The number of aliphatic carboxylic acids is 1. The number of carboxylic acids is 1. The molecule has 0 saturated heterocycles. The molecular weight excluding hydrogens is 492 g/mol. The van der Waals surface area contributed by atoms with Gasteiger partial charge in [-0.15, -0.1) is 0 Å². The van der Waals surface area contributed by atoms with Crippen molar-refractivity contribution in [1.29, 1.82) is 0 Å². The summed E-state index contributed by atoms with van der Waals surface area (Å²) in [5.74, 6) is -0.681. The van der Waals surface area contributed by atoms with Gasteiger partial charge in [0.1, 0.15) is 17.5 Å². The monoisotopic (exact) mass is 520 g/mol. The molecule has 39 heavy (non-hydrogen) atoms. The standard InChI is InChI=1S/C32H28N2O5/c1-20(2)29(32(37)38)34-19-23-13-12-22(18-27(23)31(34)36)21-14-16-24(17-15-21)33-30(35)26-10-6-7-11-28(26)39-25-8-4-3-5-9-25/h3-18,20,29H,19H2,1-2H3,(H,33,35)(H,37,38)/t29-/m0/s1. The molecule has 1 heterocycles. The number of fused-ring (bicyclic) bond motifs is 1. The number of nitrogens with one attached hydrogen (secondary N) is 1. The second kappa shape index (κ2) is 10.8. The Balaban J connectivity index is 1.31. The molecule has 4 aromatic carbocycles. The molecule has 1 atom stereocenters. The van der Waals surface area contributed by atoms with Crippen molar-refractivity contribution < 1.29 is 24.2 Å². The number of para-hydroxylation sites is 2. The molecule has 2 N–H and O–H groups in total. The van der Waals surface area contributed by atoms with E-state index in [-0.39, 0.29) is 24.3 Å². The van der Waals surface area contributed by atoms with Crippen LogP contribution in [0.15, 0.2) is 97.1 Å². The maximum absolute atomic E-state index is 13.1. The molecule has 0 unspecified atom stereocenters. The SMILES string of the molecule is CC(C)[C@@H](C(=O)O)N1Cc2ccc(-c3ccc(NC(=O)c4ccccc4Oc4ccccc4)cc3)cc2C1=O. The molecule has 1 aliphatic heterocycles. The fourth-order valence-corrected chi connectivity index (χ4v) is 4.81. The third-order valence-electron chi connectivity index (χ3n) is 6.74. The van der Waals surface area contributed by atoms with Crippen molar-refractivity contribution in [2.24, 2.45) is 5.92 Å². The molecule has 0 saturated carbocycles. The van der Waals surface area contributed by atoms with E-state index in [2.05, 4.69) is 5.32 Å². The van der Waals surface area contributed by atoms with Crippen LogP contribution >= 0.6 is 0 Å². The van der Waals surface area contributed by atoms with E-state index in [1.165, 1.54) is 4.90 Å². The lowest BCUT2D eigenvalue weighted by atomic mass is 10.00. The van der Waals surface area contributed by atoms with Crippen molar-refractivity contribution in [1.82, 2.24) is 4.90 Å². The Morgan fingerprint density at radius 2 is 1.54 bits per heavy atom. The van der Waals surface area contributed by atoms with E-state index in [0.29, 0.717) is 28.3 Å². The van der Waals surface area contributed by atoms with Crippen LogP contribution in [0.1, 0.15) is 40.1 Å². The van der Waals surface area contributed by atoms with Gasteiger partial charge < -0.3 is 20.1 Å². The summed E-state index contributed by atoms with van der Waals surface area (Å²) in [5.41, 5.74) is 4.06. The molecule has 0 aromatic heterocycles. The zero-order chi connectivity index (χ0) is 27.5. The number of anilines is 1. The highest BCUT2D eigenvalue weighted by Gasteiger charge is 2.38. The highest BCUT2D eigenvalue weighted by molar-refractivity contribution is 6.06. The number of hydrogen-bond donors (Lipinski definition) is 2. The van der Waals surface area contributed by atoms with Gasteiger partial charge in [0, 0.05) is 17.8 Å². The normalized spacial score (nSPS) is 13.2. The number of carbonyl (C=O) groups excluding carboxylic acids is 2. The second-order valence-corrected chi connectivity index (χ2v) is 9.77. The molecule has 7 heteroatoms. The van der Waals surface area contributed by atoms with Crippen molar-refractivity contribution in [2.75, 3.05) is 5.32 Å². The number of carbonyl (C=O) groups is 3. The Kier molecular flexibility index (Phi) is 7.14. The predicted molar refractivity (Wildman–Crippen MR) is 149 cm³/mol. The Morgan fingerprint density at radius 3 is 2.23 bits per heavy atom. The molecule has 196 valence electrons. The zero-order valence-electron chi connectivity index (χ0n) is 21.6. The fourth-order valence-electron chi connectivity index (χ4n) is 4.81. The topological polar surface area (TPSA) is 95.9 Å². The van der Waals surface area contributed by atoms with E-state index >= 15 is 0 Å². The summed E-state index contributed by atoms with van der Waals surface area (Å²) < 4.78 is 5.91. The molecule has 0 radical (unpaired) electrons. The van der Waals surface area contributed by atoms with Crippen LogP contribution in [0.25, 0.3) is 11.1 Å². The summed E-state index contributed by atoms with van der Waals surface area (Å²) in [4.78, 5) is 39.4. The number of ether oxygens (including phenoxy) is 1. The van der Waals surface area contributed by atoms with Gasteiger partial charge in [0.25, 0.3) is 11.8 Å². The molecule has 0 fully saturated rings. The lowest BCUT2D eigenvalue weighted by molar-refractivity contribution is -0.144. The number of carboxylic acid groups (broad SMARTS) is 1. The number of nitrogens with zero attached hydrogens (tertiary/aromatic N) is 1. The lowest BCUT2D eigenvalue weighted by Crippen LogP contribution is -2.44. The summed E-state index contributed by atoms with van der Waals surface area (Å²) in [6.07, 6.45) is 0. The van der Waals surface area contributed by atoms with Crippen molar-refractivity contribution in [3.63, 3.8) is 0 Å². The van der Waals surface area contributed by atoms with Crippen molar-refractivity contribution in [3.05, 3.63) is 114 Å². The molecule has 4 aromatic rings. The third-order valence-corrected chi connectivity index (χ3v) is 6.74. The van der Waals surface area contributed by atoms with Gasteiger partial charge in [-0.3, -0.25) is 9.59 Å². The van der Waals surface area contributed by atoms with Gasteiger partial charge in [0.15, 0.2) is 0 Å². The van der Waals surface area contributed by atoms with Gasteiger partial charge in [0.05, 0.1) is 5.56 Å². The van der Waals surface area contributed by atoms with Crippen molar-refractivity contribution >= 4 is 23.5 Å². The minimum absolute atomic E-state index is 0.208. The summed E-state index contributed by atoms with van der Waals surface area (Å²) in [5, 5.41) is 12.6. The largest absolute Gasteiger partial charge is 0.480 e. The summed E-state index contributed by atoms with van der Waals surface area (Å²) in [7, 11) is 0. The Hall–Kier alpha value is -4.91. The molecule has 1 aliphatic rings. The maximum atomic E-state index is 13.1. The van der Waals surface area contributed by atoms with Crippen LogP contribution < -0.4 is 10.1 Å². The number of amides is 2. The first-order valence-electron chi connectivity index (χ1n) is 12.7. The van der Waals surface area contributed by atoms with Crippen LogP contribution in [0.3, 0.4) is 0 Å². The van der Waals surface area contributed by atoms with E-state index < -0.39 is 12.0 Å². The van der Waals surface area contributed by atoms with E-state index in [1.54, 1.807) is 44.2 Å². The zero-order valence-corrected chi connectivity index (χ0v) is 21.6. The van der Waals surface area contributed by atoms with Crippen LogP contribution in [-0.4, -0.2) is 33.8 Å². The minimum atomic E-state index is -1.00. The number of rotatable bonds is 8. The first-order chi connectivity index (χ1) is 18.8. The first kappa shape index (κ1) is 25.7. The highest BCUT2D eigenvalue weighted by Crippen LogP contribution is 2.32. The summed E-state index contributed by atoms with van der Waals surface area (Å²) >= 11 is 0. The van der Waals surface area contributed by atoms with Crippen molar-refractivity contribution in [3.8, 4) is 22.6 Å². The Labute approximate surface area is 226 Å². The van der Waals surface area contributed by atoms with Crippen LogP contribution in [-0.2, 0) is 11.3 Å². The molecule has 0 spiro atoms. The van der Waals surface area contributed by atoms with Crippen LogP contribution in [0.2, 0.25) is 0 Å². The van der Waals surface area contributed by atoms with E-state index in [0.717, 1.165) is 16.7 Å². The Morgan fingerprint density at radius 1 is 0.872 bits per heavy atom. The second-order valence-electron chi connectivity index (χ2n) is 9.77. The Bertz CT molecular complexity index is 1530. The average Bonchev–Trinajstić information content (AvgIpc) is 3.24.